The van der Waals surface area contributed by atoms with Gasteiger partial charge in [-0.05, 0) is 36.6 Å². The molecular formula is C11H11BrO3. The van der Waals surface area contributed by atoms with Crippen LogP contribution in [0.2, 0.25) is 0 Å². The first kappa shape index (κ1) is 10.5. The second kappa shape index (κ2) is 4.23. The molecule has 0 N–H and O–H groups in total. The summed E-state index contributed by atoms with van der Waals surface area (Å²) >= 11 is 3.40. The first-order valence-electron chi connectivity index (χ1n) is 4.73. The summed E-state index contributed by atoms with van der Waals surface area (Å²) in [7, 11) is 1.38. The third-order valence-corrected chi connectivity index (χ3v) is 2.92. The van der Waals surface area contributed by atoms with Gasteiger partial charge < -0.3 is 9.47 Å². The molecule has 0 spiro atoms. The first-order valence-corrected chi connectivity index (χ1v) is 5.53. The number of carbonyl (C=O) groups is 1. The highest BCUT2D eigenvalue weighted by Gasteiger charge is 2.26. The molecule has 4 heteroatoms. The fourth-order valence-electron chi connectivity index (χ4n) is 1.65. The third kappa shape index (κ3) is 2.15. The summed E-state index contributed by atoms with van der Waals surface area (Å²) in [5.74, 6) is 0.475. The summed E-state index contributed by atoms with van der Waals surface area (Å²) in [5, 5.41) is 0. The second-order valence-electron chi connectivity index (χ2n) is 3.42. The predicted octanol–water partition coefficient (Wildman–Crippen LogP) is 2.32. The molecule has 0 aromatic heterocycles. The van der Waals surface area contributed by atoms with Crippen molar-refractivity contribution in [3.05, 3.63) is 28.2 Å². The fraction of sp³-hybridized carbons (Fsp3) is 0.364. The van der Waals surface area contributed by atoms with Gasteiger partial charge in [0.1, 0.15) is 5.75 Å². The van der Waals surface area contributed by atoms with Crippen LogP contribution >= 0.6 is 15.9 Å². The van der Waals surface area contributed by atoms with Gasteiger partial charge in [-0.15, -0.1) is 0 Å². The van der Waals surface area contributed by atoms with E-state index in [9.17, 15) is 4.79 Å². The SMILES string of the molecule is COC(=O)[C@H]1CCc2cc(Br)ccc2O1. The number of fused-ring (bicyclic) bond motifs is 1. The van der Waals surface area contributed by atoms with Crippen LogP contribution in [0.15, 0.2) is 22.7 Å². The van der Waals surface area contributed by atoms with Crippen LogP contribution in [0.3, 0.4) is 0 Å². The average molecular weight is 271 g/mol. The molecule has 0 saturated carbocycles. The minimum Gasteiger partial charge on any atom is -0.478 e. The smallest absolute Gasteiger partial charge is 0.347 e. The highest BCUT2D eigenvalue weighted by atomic mass is 79.9. The molecule has 3 nitrogen and oxygen atoms in total. The van der Waals surface area contributed by atoms with Crippen LogP contribution in [0.25, 0.3) is 0 Å². The number of aryl methyl sites for hydroxylation is 1. The van der Waals surface area contributed by atoms with Crippen molar-refractivity contribution in [3.63, 3.8) is 0 Å². The number of carbonyl (C=O) groups excluding carboxylic acids is 1. The lowest BCUT2D eigenvalue weighted by atomic mass is 10.0. The Balaban J connectivity index is 2.20. The molecule has 0 saturated heterocycles. The number of benzene rings is 1. The Bertz CT molecular complexity index is 389. The van der Waals surface area contributed by atoms with E-state index in [2.05, 4.69) is 20.7 Å². The molecule has 0 fully saturated rings. The third-order valence-electron chi connectivity index (χ3n) is 2.43. The van der Waals surface area contributed by atoms with Crippen molar-refractivity contribution in [2.75, 3.05) is 7.11 Å². The molecule has 0 bridgehead atoms. The molecule has 0 radical (unpaired) electrons. The molecule has 1 heterocycles. The van der Waals surface area contributed by atoms with E-state index in [1.165, 1.54) is 7.11 Å². The highest BCUT2D eigenvalue weighted by Crippen LogP contribution is 2.30. The standard InChI is InChI=1S/C11H11BrO3/c1-14-11(13)10-4-2-7-6-8(12)3-5-9(7)15-10/h3,5-6,10H,2,4H2,1H3/t10-/m1/s1. The maximum absolute atomic E-state index is 11.3. The molecule has 2 rings (SSSR count). The molecular weight excluding hydrogens is 260 g/mol. The van der Waals surface area contributed by atoms with E-state index < -0.39 is 6.10 Å². The van der Waals surface area contributed by atoms with Gasteiger partial charge in [0.25, 0.3) is 0 Å². The highest BCUT2D eigenvalue weighted by molar-refractivity contribution is 9.10. The molecule has 80 valence electrons. The van der Waals surface area contributed by atoms with E-state index in [1.807, 2.05) is 18.2 Å². The zero-order valence-corrected chi connectivity index (χ0v) is 9.91. The van der Waals surface area contributed by atoms with Crippen molar-refractivity contribution in [1.29, 1.82) is 0 Å². The maximum atomic E-state index is 11.3. The van der Waals surface area contributed by atoms with E-state index in [1.54, 1.807) is 0 Å². The lowest BCUT2D eigenvalue weighted by Crippen LogP contribution is -2.32. The molecule has 0 unspecified atom stereocenters. The number of hydrogen-bond donors (Lipinski definition) is 0. The Morgan fingerprint density at radius 3 is 3.13 bits per heavy atom. The number of hydrogen-bond acceptors (Lipinski definition) is 3. The van der Waals surface area contributed by atoms with Crippen LogP contribution in [0, 0.1) is 0 Å². The molecule has 15 heavy (non-hydrogen) atoms. The van der Waals surface area contributed by atoms with Gasteiger partial charge in [-0.2, -0.15) is 0 Å². The van der Waals surface area contributed by atoms with E-state index in [4.69, 9.17) is 4.74 Å². The van der Waals surface area contributed by atoms with Gasteiger partial charge in [-0.25, -0.2) is 4.79 Å². The van der Waals surface area contributed by atoms with Gasteiger partial charge in [0, 0.05) is 4.47 Å². The van der Waals surface area contributed by atoms with Crippen LogP contribution in [-0.2, 0) is 16.0 Å². The Morgan fingerprint density at radius 1 is 1.60 bits per heavy atom. The summed E-state index contributed by atoms with van der Waals surface area (Å²) in [6.07, 6.45) is 1.06. The number of esters is 1. The molecule has 1 aliphatic heterocycles. The zero-order valence-electron chi connectivity index (χ0n) is 8.33. The van der Waals surface area contributed by atoms with Crippen molar-refractivity contribution < 1.29 is 14.3 Å². The topological polar surface area (TPSA) is 35.5 Å². The van der Waals surface area contributed by atoms with Crippen molar-refractivity contribution in [3.8, 4) is 5.75 Å². The Labute approximate surface area is 96.5 Å². The average Bonchev–Trinajstić information content (AvgIpc) is 2.27. The van der Waals surface area contributed by atoms with Crippen molar-refractivity contribution in [1.82, 2.24) is 0 Å². The van der Waals surface area contributed by atoms with Crippen LogP contribution in [0.5, 0.6) is 5.75 Å². The summed E-state index contributed by atoms with van der Waals surface area (Å²) in [5.41, 5.74) is 1.13. The molecule has 1 aromatic rings. The van der Waals surface area contributed by atoms with E-state index >= 15 is 0 Å². The largest absolute Gasteiger partial charge is 0.478 e. The Kier molecular flexibility index (Phi) is 2.95. The molecule has 1 atom stereocenters. The van der Waals surface area contributed by atoms with Crippen LogP contribution in [-0.4, -0.2) is 19.2 Å². The van der Waals surface area contributed by atoms with Gasteiger partial charge in [0.2, 0.25) is 0 Å². The Hall–Kier alpha value is -1.03. The van der Waals surface area contributed by atoms with E-state index in [-0.39, 0.29) is 5.97 Å². The number of ether oxygens (including phenoxy) is 2. The zero-order chi connectivity index (χ0) is 10.8. The Morgan fingerprint density at radius 2 is 2.40 bits per heavy atom. The lowest BCUT2D eigenvalue weighted by Gasteiger charge is -2.24. The first-order chi connectivity index (χ1) is 7.20. The van der Waals surface area contributed by atoms with Crippen LogP contribution in [0.1, 0.15) is 12.0 Å². The van der Waals surface area contributed by atoms with Crippen molar-refractivity contribution in [2.45, 2.75) is 18.9 Å². The quantitative estimate of drug-likeness (QED) is 0.735. The molecule has 0 amide bonds. The summed E-state index contributed by atoms with van der Waals surface area (Å²) in [4.78, 5) is 11.3. The monoisotopic (exact) mass is 270 g/mol. The van der Waals surface area contributed by atoms with Crippen molar-refractivity contribution in [2.24, 2.45) is 0 Å². The number of halogens is 1. The second-order valence-corrected chi connectivity index (χ2v) is 4.34. The summed E-state index contributed by atoms with van der Waals surface area (Å²) in [6, 6.07) is 5.79. The minimum absolute atomic E-state index is 0.302. The van der Waals surface area contributed by atoms with Gasteiger partial charge in [0.05, 0.1) is 7.11 Å². The van der Waals surface area contributed by atoms with Crippen molar-refractivity contribution >= 4 is 21.9 Å². The van der Waals surface area contributed by atoms with Gasteiger partial charge >= 0.3 is 5.97 Å². The van der Waals surface area contributed by atoms with E-state index in [0.29, 0.717) is 6.42 Å². The fourth-order valence-corrected chi connectivity index (χ4v) is 2.06. The lowest BCUT2D eigenvalue weighted by molar-refractivity contribution is -0.149. The van der Waals surface area contributed by atoms with Gasteiger partial charge in [-0.1, -0.05) is 15.9 Å². The minimum atomic E-state index is -0.455. The predicted molar refractivity (Wildman–Crippen MR) is 58.9 cm³/mol. The molecule has 1 aromatic carbocycles. The summed E-state index contributed by atoms with van der Waals surface area (Å²) < 4.78 is 11.2. The van der Waals surface area contributed by atoms with Gasteiger partial charge in [0.15, 0.2) is 6.10 Å². The summed E-state index contributed by atoms with van der Waals surface area (Å²) in [6.45, 7) is 0. The molecule has 1 aliphatic rings. The number of methoxy groups -OCH3 is 1. The molecule has 0 aliphatic carbocycles. The van der Waals surface area contributed by atoms with Crippen LogP contribution < -0.4 is 4.74 Å². The van der Waals surface area contributed by atoms with E-state index in [0.717, 1.165) is 22.2 Å². The maximum Gasteiger partial charge on any atom is 0.347 e. The van der Waals surface area contributed by atoms with Gasteiger partial charge in [-0.3, -0.25) is 0 Å². The normalized spacial score (nSPS) is 18.9. The number of rotatable bonds is 1. The van der Waals surface area contributed by atoms with Crippen LogP contribution in [0.4, 0.5) is 0 Å².